The number of hydrogen-bond donors (Lipinski definition) is 2. The molecule has 0 saturated carbocycles. The highest BCUT2D eigenvalue weighted by Crippen LogP contribution is 2.20. The van der Waals surface area contributed by atoms with E-state index < -0.39 is 12.0 Å². The molecule has 1 aromatic carbocycles. The summed E-state index contributed by atoms with van der Waals surface area (Å²) >= 11 is 0. The van der Waals surface area contributed by atoms with Gasteiger partial charge in [-0.3, -0.25) is 4.79 Å². The number of amides is 1. The van der Waals surface area contributed by atoms with E-state index in [1.165, 1.54) is 0 Å². The SMILES string of the molecule is Cc1ccc(C(NC(=O)CCCc2nc(C(C)(C)C)no2)C(=O)O)cc1C. The Bertz CT molecular complexity index is 821. The van der Waals surface area contributed by atoms with Crippen molar-refractivity contribution in [2.45, 2.75) is 65.3 Å². The monoisotopic (exact) mass is 373 g/mol. The van der Waals surface area contributed by atoms with Crippen molar-refractivity contribution in [1.29, 1.82) is 0 Å². The van der Waals surface area contributed by atoms with E-state index in [-0.39, 0.29) is 17.7 Å². The first-order valence-corrected chi connectivity index (χ1v) is 9.00. The lowest BCUT2D eigenvalue weighted by molar-refractivity contribution is -0.142. The lowest BCUT2D eigenvalue weighted by atomic mass is 9.96. The average molecular weight is 373 g/mol. The Labute approximate surface area is 159 Å². The predicted octanol–water partition coefficient (Wildman–Crippen LogP) is 3.25. The lowest BCUT2D eigenvalue weighted by Gasteiger charge is -2.16. The normalized spacial score (nSPS) is 12.6. The minimum Gasteiger partial charge on any atom is -0.479 e. The number of nitrogens with zero attached hydrogens (tertiary/aromatic N) is 2. The fraction of sp³-hybridized carbons (Fsp3) is 0.500. The van der Waals surface area contributed by atoms with Crippen LogP contribution in [0.2, 0.25) is 0 Å². The van der Waals surface area contributed by atoms with Gasteiger partial charge in [-0.2, -0.15) is 4.98 Å². The number of aryl methyl sites for hydroxylation is 3. The molecule has 27 heavy (non-hydrogen) atoms. The van der Waals surface area contributed by atoms with Gasteiger partial charge in [0.25, 0.3) is 0 Å². The zero-order valence-electron chi connectivity index (χ0n) is 16.5. The molecule has 0 aliphatic carbocycles. The molecule has 1 amide bonds. The molecule has 0 bridgehead atoms. The van der Waals surface area contributed by atoms with Crippen LogP contribution < -0.4 is 5.32 Å². The van der Waals surface area contributed by atoms with Crippen LogP contribution in [-0.2, 0) is 21.4 Å². The second-order valence-electron chi connectivity index (χ2n) is 7.80. The molecule has 7 nitrogen and oxygen atoms in total. The van der Waals surface area contributed by atoms with Crippen LogP contribution in [0.5, 0.6) is 0 Å². The Hall–Kier alpha value is -2.70. The Morgan fingerprint density at radius 3 is 2.48 bits per heavy atom. The molecule has 2 aromatic rings. The van der Waals surface area contributed by atoms with Crippen molar-refractivity contribution in [3.8, 4) is 0 Å². The maximum absolute atomic E-state index is 12.2. The van der Waals surface area contributed by atoms with Crippen LogP contribution in [0, 0.1) is 13.8 Å². The van der Waals surface area contributed by atoms with E-state index in [1.807, 2.05) is 40.7 Å². The molecule has 2 rings (SSSR count). The summed E-state index contributed by atoms with van der Waals surface area (Å²) in [5.74, 6) is -0.297. The maximum Gasteiger partial charge on any atom is 0.330 e. The zero-order valence-corrected chi connectivity index (χ0v) is 16.5. The molecule has 0 saturated heterocycles. The van der Waals surface area contributed by atoms with Gasteiger partial charge in [0.2, 0.25) is 11.8 Å². The Morgan fingerprint density at radius 2 is 1.93 bits per heavy atom. The number of carbonyl (C=O) groups excluding carboxylic acids is 1. The van der Waals surface area contributed by atoms with Gasteiger partial charge in [-0.15, -0.1) is 0 Å². The third kappa shape index (κ3) is 5.64. The van der Waals surface area contributed by atoms with Gasteiger partial charge in [-0.1, -0.05) is 44.1 Å². The van der Waals surface area contributed by atoms with Crippen molar-refractivity contribution in [2.75, 3.05) is 0 Å². The minimum atomic E-state index is -1.08. The molecule has 0 aliphatic rings. The van der Waals surface area contributed by atoms with Crippen LogP contribution in [0.1, 0.15) is 68.1 Å². The highest BCUT2D eigenvalue weighted by Gasteiger charge is 2.23. The summed E-state index contributed by atoms with van der Waals surface area (Å²) in [6, 6.07) is 4.32. The molecule has 7 heteroatoms. The van der Waals surface area contributed by atoms with E-state index in [1.54, 1.807) is 12.1 Å². The molecule has 1 atom stereocenters. The maximum atomic E-state index is 12.2. The summed E-state index contributed by atoms with van der Waals surface area (Å²) in [4.78, 5) is 28.1. The van der Waals surface area contributed by atoms with Crippen molar-refractivity contribution in [3.05, 3.63) is 46.6 Å². The van der Waals surface area contributed by atoms with Crippen molar-refractivity contribution >= 4 is 11.9 Å². The van der Waals surface area contributed by atoms with Crippen LogP contribution in [-0.4, -0.2) is 27.1 Å². The van der Waals surface area contributed by atoms with Crippen molar-refractivity contribution in [3.63, 3.8) is 0 Å². The van der Waals surface area contributed by atoms with E-state index in [9.17, 15) is 14.7 Å². The molecule has 1 heterocycles. The molecular formula is C20H27N3O4. The summed E-state index contributed by atoms with van der Waals surface area (Å²) in [5.41, 5.74) is 2.42. The number of aromatic nitrogens is 2. The first-order chi connectivity index (χ1) is 12.6. The molecule has 2 N–H and O–H groups in total. The third-order valence-corrected chi connectivity index (χ3v) is 4.35. The number of rotatable bonds is 7. The Kier molecular flexibility index (Phi) is 6.36. The van der Waals surface area contributed by atoms with Gasteiger partial charge >= 0.3 is 5.97 Å². The molecule has 0 aliphatic heterocycles. The summed E-state index contributed by atoms with van der Waals surface area (Å²) < 4.78 is 5.20. The minimum absolute atomic E-state index is 0.182. The van der Waals surface area contributed by atoms with Crippen molar-refractivity contribution in [1.82, 2.24) is 15.5 Å². The molecule has 0 fully saturated rings. The van der Waals surface area contributed by atoms with E-state index in [4.69, 9.17) is 4.52 Å². The first-order valence-electron chi connectivity index (χ1n) is 9.00. The number of aliphatic carboxylic acids is 1. The summed E-state index contributed by atoms with van der Waals surface area (Å²) in [6.07, 6.45) is 1.15. The molecule has 146 valence electrons. The quantitative estimate of drug-likeness (QED) is 0.772. The van der Waals surface area contributed by atoms with E-state index in [0.717, 1.165) is 11.1 Å². The van der Waals surface area contributed by atoms with Gasteiger partial charge in [-0.25, -0.2) is 4.79 Å². The lowest BCUT2D eigenvalue weighted by Crippen LogP contribution is -2.33. The van der Waals surface area contributed by atoms with Gasteiger partial charge in [0.1, 0.15) is 0 Å². The summed E-state index contributed by atoms with van der Waals surface area (Å²) in [6.45, 7) is 9.85. The standard InChI is InChI=1S/C20H27N3O4/c1-12-9-10-14(11-13(12)2)17(18(25)26)21-15(24)7-6-8-16-22-19(23-27-16)20(3,4)5/h9-11,17H,6-8H2,1-5H3,(H,21,24)(H,25,26). The topological polar surface area (TPSA) is 105 Å². The average Bonchev–Trinajstić information content (AvgIpc) is 3.04. The van der Waals surface area contributed by atoms with Crippen molar-refractivity contribution < 1.29 is 19.2 Å². The van der Waals surface area contributed by atoms with E-state index in [2.05, 4.69) is 15.5 Å². The second kappa shape index (κ2) is 8.33. The Balaban J connectivity index is 1.91. The fourth-order valence-corrected chi connectivity index (χ4v) is 2.53. The first kappa shape index (κ1) is 20.6. The number of hydrogen-bond acceptors (Lipinski definition) is 5. The predicted molar refractivity (Wildman–Crippen MR) is 100 cm³/mol. The van der Waals surface area contributed by atoms with Gasteiger partial charge < -0.3 is 14.9 Å². The van der Waals surface area contributed by atoms with Crippen molar-refractivity contribution in [2.24, 2.45) is 0 Å². The second-order valence-corrected chi connectivity index (χ2v) is 7.80. The van der Waals surface area contributed by atoms with Crippen LogP contribution in [0.25, 0.3) is 0 Å². The molecule has 0 radical (unpaired) electrons. The fourth-order valence-electron chi connectivity index (χ4n) is 2.53. The van der Waals surface area contributed by atoms with E-state index in [0.29, 0.717) is 30.1 Å². The summed E-state index contributed by atoms with van der Waals surface area (Å²) in [7, 11) is 0. The van der Waals surface area contributed by atoms with Crippen LogP contribution in [0.3, 0.4) is 0 Å². The molecular weight excluding hydrogens is 346 g/mol. The number of carbonyl (C=O) groups is 2. The highest BCUT2D eigenvalue weighted by atomic mass is 16.5. The van der Waals surface area contributed by atoms with E-state index >= 15 is 0 Å². The third-order valence-electron chi connectivity index (χ3n) is 4.35. The number of nitrogens with one attached hydrogen (secondary N) is 1. The van der Waals surface area contributed by atoms with Crippen LogP contribution in [0.4, 0.5) is 0 Å². The number of carboxylic acid groups (broad SMARTS) is 1. The van der Waals surface area contributed by atoms with Gasteiger partial charge in [0.05, 0.1) is 0 Å². The van der Waals surface area contributed by atoms with Gasteiger partial charge in [0.15, 0.2) is 11.9 Å². The smallest absolute Gasteiger partial charge is 0.330 e. The molecule has 0 spiro atoms. The molecule has 1 aromatic heterocycles. The number of benzene rings is 1. The molecule has 1 unspecified atom stereocenters. The van der Waals surface area contributed by atoms with Crippen LogP contribution >= 0.6 is 0 Å². The summed E-state index contributed by atoms with van der Waals surface area (Å²) in [5, 5.41) is 16.0. The largest absolute Gasteiger partial charge is 0.479 e. The van der Waals surface area contributed by atoms with Crippen LogP contribution in [0.15, 0.2) is 22.7 Å². The highest BCUT2D eigenvalue weighted by molar-refractivity contribution is 5.84. The number of carboxylic acids is 1. The zero-order chi connectivity index (χ0) is 20.2. The van der Waals surface area contributed by atoms with Gasteiger partial charge in [-0.05, 0) is 37.0 Å². The Morgan fingerprint density at radius 1 is 1.22 bits per heavy atom. The van der Waals surface area contributed by atoms with Gasteiger partial charge in [0, 0.05) is 18.3 Å².